The summed E-state index contributed by atoms with van der Waals surface area (Å²) in [6.07, 6.45) is 0.614. The van der Waals surface area contributed by atoms with Gasteiger partial charge in [0.15, 0.2) is 5.69 Å². The Labute approximate surface area is 134 Å². The van der Waals surface area contributed by atoms with E-state index in [1.165, 1.54) is 0 Å². The van der Waals surface area contributed by atoms with Crippen LogP contribution in [0.25, 0.3) is 0 Å². The highest BCUT2D eigenvalue weighted by Crippen LogP contribution is 2.26. The second-order valence-electron chi connectivity index (χ2n) is 6.77. The highest BCUT2D eigenvalue weighted by atomic mass is 19.1. The summed E-state index contributed by atoms with van der Waals surface area (Å²) in [5.74, 6) is -0.228. The first kappa shape index (κ1) is 15.7. The van der Waals surface area contributed by atoms with Crippen LogP contribution in [0.5, 0.6) is 0 Å². The van der Waals surface area contributed by atoms with Gasteiger partial charge in [0.05, 0.1) is 5.69 Å². The molecule has 0 atom stereocenters. The van der Waals surface area contributed by atoms with Crippen molar-refractivity contribution in [3.8, 4) is 0 Å². The molecule has 2 heterocycles. The summed E-state index contributed by atoms with van der Waals surface area (Å²) >= 11 is 0. The van der Waals surface area contributed by atoms with Crippen LogP contribution in [-0.4, -0.2) is 17.6 Å². The van der Waals surface area contributed by atoms with Crippen molar-refractivity contribution in [3.63, 3.8) is 0 Å². The van der Waals surface area contributed by atoms with E-state index >= 15 is 0 Å². The number of rotatable bonds is 2. The second kappa shape index (κ2) is 5.77. The molecule has 5 nitrogen and oxygen atoms in total. The van der Waals surface area contributed by atoms with E-state index in [0.717, 1.165) is 12.1 Å². The number of hydrogen-bond acceptors (Lipinski definition) is 4. The van der Waals surface area contributed by atoms with Crippen molar-refractivity contribution in [1.29, 1.82) is 0 Å². The Kier molecular flexibility index (Phi) is 3.93. The summed E-state index contributed by atoms with van der Waals surface area (Å²) in [6.45, 7) is 7.28. The predicted molar refractivity (Wildman–Crippen MR) is 85.0 cm³/mol. The lowest BCUT2D eigenvalue weighted by molar-refractivity contribution is 0.101. The second-order valence-corrected chi connectivity index (χ2v) is 6.77. The fourth-order valence-corrected chi connectivity index (χ4v) is 2.55. The molecule has 0 aliphatic carbocycles. The number of halogens is 1. The zero-order chi connectivity index (χ0) is 16.6. The zero-order valence-corrected chi connectivity index (χ0v) is 13.5. The number of nitrogens with one attached hydrogen (secondary N) is 2. The summed E-state index contributed by atoms with van der Waals surface area (Å²) in [6, 6.07) is 5.02. The molecule has 2 aromatic rings. The molecule has 1 aromatic heterocycles. The lowest BCUT2D eigenvalue weighted by atomic mass is 9.93. The molecular weight excluding hydrogens is 297 g/mol. The zero-order valence-electron chi connectivity index (χ0n) is 13.5. The third-order valence-corrected chi connectivity index (χ3v) is 3.94. The van der Waals surface area contributed by atoms with Gasteiger partial charge in [-0.05, 0) is 30.2 Å². The molecule has 0 unspecified atom stereocenters. The molecule has 1 amide bonds. The van der Waals surface area contributed by atoms with E-state index in [1.54, 1.807) is 12.1 Å². The van der Waals surface area contributed by atoms with Gasteiger partial charge in [-0.1, -0.05) is 32.0 Å². The third kappa shape index (κ3) is 3.12. The van der Waals surface area contributed by atoms with Gasteiger partial charge >= 0.3 is 0 Å². The Balaban J connectivity index is 1.82. The monoisotopic (exact) mass is 317 g/mol. The highest BCUT2D eigenvalue weighted by molar-refractivity contribution is 6.03. The largest absolute Gasteiger partial charge is 0.360 e. The number of carbonyl (C=O) groups excluding carboxylic acids is 1. The number of aromatic nitrogens is 1. The number of nitrogens with zero attached hydrogens (tertiary/aromatic N) is 1. The van der Waals surface area contributed by atoms with Crippen molar-refractivity contribution in [3.05, 3.63) is 46.6 Å². The van der Waals surface area contributed by atoms with Crippen molar-refractivity contribution < 1.29 is 13.7 Å². The Morgan fingerprint density at radius 1 is 1.39 bits per heavy atom. The summed E-state index contributed by atoms with van der Waals surface area (Å²) in [7, 11) is 0. The van der Waals surface area contributed by atoms with Gasteiger partial charge in [-0.3, -0.25) is 4.79 Å². The molecule has 0 saturated carbocycles. The molecule has 23 heavy (non-hydrogen) atoms. The topological polar surface area (TPSA) is 67.2 Å². The van der Waals surface area contributed by atoms with Crippen LogP contribution in [0.1, 0.15) is 48.1 Å². The van der Waals surface area contributed by atoms with E-state index in [9.17, 15) is 9.18 Å². The molecule has 0 radical (unpaired) electrons. The van der Waals surface area contributed by atoms with E-state index in [1.807, 2.05) is 26.8 Å². The van der Waals surface area contributed by atoms with Crippen LogP contribution in [0.2, 0.25) is 0 Å². The van der Waals surface area contributed by atoms with E-state index in [0.29, 0.717) is 24.3 Å². The molecular formula is C17H20FN3O2. The minimum atomic E-state index is -0.475. The molecule has 1 aromatic carbocycles. The lowest BCUT2D eigenvalue weighted by Crippen LogP contribution is -2.25. The van der Waals surface area contributed by atoms with Gasteiger partial charge in [-0.2, -0.15) is 0 Å². The predicted octanol–water partition coefficient (Wildman–Crippen LogP) is 3.01. The number of carbonyl (C=O) groups is 1. The van der Waals surface area contributed by atoms with Gasteiger partial charge in [-0.25, -0.2) is 4.39 Å². The molecule has 1 aliphatic rings. The van der Waals surface area contributed by atoms with Crippen molar-refractivity contribution in [2.24, 2.45) is 0 Å². The maximum Gasteiger partial charge on any atom is 0.277 e. The lowest BCUT2D eigenvalue weighted by Gasteiger charge is -2.19. The third-order valence-electron chi connectivity index (χ3n) is 3.94. The number of fused-ring (bicyclic) bond motifs is 1. The summed E-state index contributed by atoms with van der Waals surface area (Å²) < 4.78 is 19.7. The summed E-state index contributed by atoms with van der Waals surface area (Å²) in [5.41, 5.74) is 1.68. The molecule has 2 N–H and O–H groups in total. The van der Waals surface area contributed by atoms with Gasteiger partial charge < -0.3 is 15.2 Å². The van der Waals surface area contributed by atoms with Crippen molar-refractivity contribution in [2.45, 2.75) is 39.2 Å². The van der Waals surface area contributed by atoms with Crippen LogP contribution in [-0.2, 0) is 18.4 Å². The molecule has 0 fully saturated rings. The Hall–Kier alpha value is -2.21. The molecule has 0 saturated heterocycles. The standard InChI is InChI=1S/C17H20FN3O2/c1-17(2,3)14-8-13(21-23-14)16(22)20-12-5-4-10-9-19-7-6-11(10)15(12)18/h4-5,8,19H,6-7,9H2,1-3H3,(H,20,22). The van der Waals surface area contributed by atoms with Crippen molar-refractivity contribution in [2.75, 3.05) is 11.9 Å². The van der Waals surface area contributed by atoms with Gasteiger partial charge in [-0.15, -0.1) is 0 Å². The maximum atomic E-state index is 14.5. The van der Waals surface area contributed by atoms with E-state index < -0.39 is 5.91 Å². The molecule has 0 bridgehead atoms. The molecule has 122 valence electrons. The van der Waals surface area contributed by atoms with Gasteiger partial charge in [0.2, 0.25) is 0 Å². The first-order chi connectivity index (χ1) is 10.9. The van der Waals surface area contributed by atoms with Crippen LogP contribution in [0.3, 0.4) is 0 Å². The molecule has 6 heteroatoms. The van der Waals surface area contributed by atoms with E-state index in [-0.39, 0.29) is 22.6 Å². The fourth-order valence-electron chi connectivity index (χ4n) is 2.55. The number of benzene rings is 1. The average molecular weight is 317 g/mol. The molecule has 3 rings (SSSR count). The number of hydrogen-bond donors (Lipinski definition) is 2. The smallest absolute Gasteiger partial charge is 0.277 e. The highest BCUT2D eigenvalue weighted by Gasteiger charge is 2.23. The van der Waals surface area contributed by atoms with Crippen LogP contribution in [0.4, 0.5) is 10.1 Å². The van der Waals surface area contributed by atoms with E-state index in [2.05, 4.69) is 15.8 Å². The van der Waals surface area contributed by atoms with Gasteiger partial charge in [0.1, 0.15) is 11.6 Å². The van der Waals surface area contributed by atoms with Gasteiger partial charge in [0.25, 0.3) is 5.91 Å². The van der Waals surface area contributed by atoms with Crippen molar-refractivity contribution >= 4 is 11.6 Å². The minimum Gasteiger partial charge on any atom is -0.360 e. The average Bonchev–Trinajstić information content (AvgIpc) is 3.00. The van der Waals surface area contributed by atoms with E-state index in [4.69, 9.17) is 4.52 Å². The van der Waals surface area contributed by atoms with Crippen LogP contribution < -0.4 is 10.6 Å². The quantitative estimate of drug-likeness (QED) is 0.893. The fraction of sp³-hybridized carbons (Fsp3) is 0.412. The molecule has 0 spiro atoms. The number of anilines is 1. The van der Waals surface area contributed by atoms with Crippen LogP contribution in [0.15, 0.2) is 22.7 Å². The minimum absolute atomic E-state index is 0.147. The van der Waals surface area contributed by atoms with Crippen LogP contribution >= 0.6 is 0 Å². The number of amides is 1. The Bertz CT molecular complexity index is 747. The SMILES string of the molecule is CC(C)(C)c1cc(C(=O)Nc2ccc3c(c2F)CCNC3)no1. The normalized spacial score (nSPS) is 14.4. The maximum absolute atomic E-state index is 14.5. The first-order valence-corrected chi connectivity index (χ1v) is 7.66. The van der Waals surface area contributed by atoms with Crippen LogP contribution in [0, 0.1) is 5.82 Å². The molecule has 1 aliphatic heterocycles. The Morgan fingerprint density at radius 3 is 2.87 bits per heavy atom. The van der Waals surface area contributed by atoms with Crippen molar-refractivity contribution in [1.82, 2.24) is 10.5 Å². The summed E-state index contributed by atoms with van der Waals surface area (Å²) in [4.78, 5) is 12.3. The summed E-state index contributed by atoms with van der Waals surface area (Å²) in [5, 5.41) is 9.56. The Morgan fingerprint density at radius 2 is 2.17 bits per heavy atom. The first-order valence-electron chi connectivity index (χ1n) is 7.66. The van der Waals surface area contributed by atoms with Gasteiger partial charge in [0, 0.05) is 18.0 Å².